The summed E-state index contributed by atoms with van der Waals surface area (Å²) in [5.74, 6) is 0.350. The molecule has 1 unspecified atom stereocenters. The number of H-pyrrole nitrogens is 1. The lowest BCUT2D eigenvalue weighted by molar-refractivity contribution is 0.323. The van der Waals surface area contributed by atoms with Crippen molar-refractivity contribution in [3.63, 3.8) is 0 Å². The molecule has 9 nitrogen and oxygen atoms in total. The molecule has 0 saturated heterocycles. The van der Waals surface area contributed by atoms with E-state index in [1.807, 2.05) is 86.6 Å². The van der Waals surface area contributed by atoms with Crippen LogP contribution in [0.15, 0.2) is 83.7 Å². The van der Waals surface area contributed by atoms with Crippen LogP contribution in [0.1, 0.15) is 35.3 Å². The Bertz CT molecular complexity index is 1970. The first kappa shape index (κ1) is 26.1. The molecule has 3 aromatic heterocycles. The summed E-state index contributed by atoms with van der Waals surface area (Å²) < 4.78 is 0. The van der Waals surface area contributed by atoms with Crippen LogP contribution in [0.5, 0.6) is 5.75 Å². The number of hydrogen-bond acceptors (Lipinski definition) is 7. The van der Waals surface area contributed by atoms with Crippen LogP contribution in [0, 0.1) is 0 Å². The molecule has 0 aliphatic heterocycles. The van der Waals surface area contributed by atoms with Crippen molar-refractivity contribution < 1.29 is 5.11 Å². The van der Waals surface area contributed by atoms with E-state index in [-0.39, 0.29) is 23.2 Å². The van der Waals surface area contributed by atoms with Gasteiger partial charge in [0, 0.05) is 22.3 Å². The molecule has 1 atom stereocenters. The normalized spacial score (nSPS) is 12.6. The third kappa shape index (κ3) is 5.35. The van der Waals surface area contributed by atoms with Crippen LogP contribution in [-0.4, -0.2) is 54.3 Å². The number of phenolic OH excluding ortho intramolecular Hbond substituents is 1. The second-order valence-electron chi connectivity index (χ2n) is 10.3. The molecule has 0 spiro atoms. The summed E-state index contributed by atoms with van der Waals surface area (Å²) in [6.07, 6.45) is 4.02. The number of hydrogen-bond donors (Lipinski definition) is 2. The summed E-state index contributed by atoms with van der Waals surface area (Å²) in [5.41, 5.74) is 5.26. The van der Waals surface area contributed by atoms with E-state index in [1.165, 1.54) is 4.80 Å². The van der Waals surface area contributed by atoms with Crippen LogP contribution in [0.2, 0.25) is 0 Å². The van der Waals surface area contributed by atoms with Crippen molar-refractivity contribution in [3.8, 4) is 17.1 Å². The van der Waals surface area contributed by atoms with Gasteiger partial charge < -0.3 is 15.0 Å². The maximum absolute atomic E-state index is 13.3. The van der Waals surface area contributed by atoms with Crippen LogP contribution in [0.25, 0.3) is 45.3 Å². The lowest BCUT2D eigenvalue weighted by Gasteiger charge is -2.23. The number of para-hydroxylation sites is 1. The molecular weight excluding hydrogens is 514 g/mol. The number of pyridine rings is 2. The molecule has 0 aliphatic rings. The van der Waals surface area contributed by atoms with Crippen LogP contribution in [-0.2, 0) is 6.54 Å². The molecule has 9 heteroatoms. The van der Waals surface area contributed by atoms with Crippen molar-refractivity contribution in [2.24, 2.45) is 0 Å². The summed E-state index contributed by atoms with van der Waals surface area (Å²) >= 11 is 0. The van der Waals surface area contributed by atoms with E-state index in [2.05, 4.69) is 32.5 Å². The molecule has 3 aromatic carbocycles. The Morgan fingerprint density at radius 3 is 2.71 bits per heavy atom. The predicted molar refractivity (Wildman–Crippen MR) is 161 cm³/mol. The zero-order valence-electron chi connectivity index (χ0n) is 23.0. The third-order valence-electron chi connectivity index (χ3n) is 7.25. The largest absolute Gasteiger partial charge is 0.508 e. The first-order chi connectivity index (χ1) is 19.9. The van der Waals surface area contributed by atoms with Gasteiger partial charge in [-0.15, -0.1) is 10.2 Å². The Labute approximate surface area is 236 Å². The zero-order valence-corrected chi connectivity index (χ0v) is 23.0. The highest BCUT2D eigenvalue weighted by Gasteiger charge is 2.24. The highest BCUT2D eigenvalue weighted by Crippen LogP contribution is 2.33. The van der Waals surface area contributed by atoms with Crippen LogP contribution < -0.4 is 5.56 Å². The molecule has 0 bridgehead atoms. The van der Waals surface area contributed by atoms with Crippen LogP contribution >= 0.6 is 0 Å². The topological polar surface area (TPSA) is 113 Å². The van der Waals surface area contributed by atoms with E-state index in [0.717, 1.165) is 38.7 Å². The van der Waals surface area contributed by atoms with Gasteiger partial charge in [-0.2, -0.15) is 4.80 Å². The molecule has 204 valence electrons. The fraction of sp³-hybridized carbons (Fsp3) is 0.156. The zero-order chi connectivity index (χ0) is 28.5. The lowest BCUT2D eigenvalue weighted by atomic mass is 9.96. The van der Waals surface area contributed by atoms with Gasteiger partial charge in [0.15, 0.2) is 0 Å². The molecule has 41 heavy (non-hydrogen) atoms. The number of aromatic nitrogens is 6. The monoisotopic (exact) mass is 543 g/mol. The first-order valence-electron chi connectivity index (χ1n) is 13.3. The minimum absolute atomic E-state index is 0.115. The van der Waals surface area contributed by atoms with Gasteiger partial charge >= 0.3 is 0 Å². The van der Waals surface area contributed by atoms with Gasteiger partial charge in [-0.05, 0) is 85.4 Å². The smallest absolute Gasteiger partial charge is 0.260 e. The molecule has 6 rings (SSSR count). The predicted octanol–water partition coefficient (Wildman–Crippen LogP) is 5.28. The van der Waals surface area contributed by atoms with Crippen LogP contribution in [0.4, 0.5) is 0 Å². The highest BCUT2D eigenvalue weighted by molar-refractivity contribution is 5.89. The maximum Gasteiger partial charge on any atom is 0.260 e. The Morgan fingerprint density at radius 1 is 1.00 bits per heavy atom. The summed E-state index contributed by atoms with van der Waals surface area (Å²) in [5, 5.41) is 25.1. The average molecular weight is 544 g/mol. The van der Waals surface area contributed by atoms with Gasteiger partial charge in [-0.25, -0.2) is 4.98 Å². The van der Waals surface area contributed by atoms with Crippen molar-refractivity contribution in [3.05, 3.63) is 112 Å². The second-order valence-corrected chi connectivity index (χ2v) is 10.3. The molecule has 2 N–H and O–H groups in total. The van der Waals surface area contributed by atoms with E-state index in [9.17, 15) is 9.90 Å². The van der Waals surface area contributed by atoms with Gasteiger partial charge in [-0.3, -0.25) is 4.79 Å². The molecule has 0 aliphatic carbocycles. The van der Waals surface area contributed by atoms with Gasteiger partial charge in [0.05, 0.1) is 23.3 Å². The van der Waals surface area contributed by atoms with Crippen molar-refractivity contribution in [2.75, 3.05) is 14.1 Å². The number of rotatable bonds is 7. The number of tetrazole rings is 1. The second kappa shape index (κ2) is 10.8. The summed E-state index contributed by atoms with van der Waals surface area (Å²) in [6, 6.07) is 25.0. The Balaban J connectivity index is 1.29. The van der Waals surface area contributed by atoms with E-state index < -0.39 is 0 Å². The number of aromatic amines is 1. The molecule has 0 saturated carbocycles. The number of aromatic hydroxyl groups is 1. The first-order valence-corrected chi connectivity index (χ1v) is 13.3. The Kier molecular flexibility index (Phi) is 6.86. The third-order valence-corrected chi connectivity index (χ3v) is 7.25. The standard InChI is InChI=1S/C32H29N7O2/c1-20(38(2)3)29-26-18-25(40)15-16-28(26)34-32(41)30(29)31-35-37-39(36-31)19-22-8-6-7-21(17-22)11-13-24-14-12-23-9-4-5-10-27(23)33-24/h4-18,20,40H,19H2,1-3H3,(H,34,41). The minimum atomic E-state index is -0.305. The molecule has 0 fully saturated rings. The molecule has 0 amide bonds. The number of fused-ring (bicyclic) bond motifs is 2. The molecule has 6 aromatic rings. The van der Waals surface area contributed by atoms with E-state index in [0.29, 0.717) is 17.6 Å². The fourth-order valence-corrected chi connectivity index (χ4v) is 4.94. The molecular formula is C32H29N7O2. The fourth-order valence-electron chi connectivity index (χ4n) is 4.94. The summed E-state index contributed by atoms with van der Waals surface area (Å²) in [4.78, 5) is 24.4. The van der Waals surface area contributed by atoms with E-state index >= 15 is 0 Å². The number of benzene rings is 3. The van der Waals surface area contributed by atoms with Gasteiger partial charge in [0.1, 0.15) is 5.75 Å². The summed E-state index contributed by atoms with van der Waals surface area (Å²) in [6.45, 7) is 2.38. The summed E-state index contributed by atoms with van der Waals surface area (Å²) in [7, 11) is 3.87. The van der Waals surface area contributed by atoms with Crippen molar-refractivity contribution in [2.45, 2.75) is 19.5 Å². The maximum atomic E-state index is 13.3. The molecule has 0 radical (unpaired) electrons. The van der Waals surface area contributed by atoms with Crippen molar-refractivity contribution in [1.29, 1.82) is 0 Å². The van der Waals surface area contributed by atoms with E-state index in [4.69, 9.17) is 4.98 Å². The van der Waals surface area contributed by atoms with E-state index in [1.54, 1.807) is 18.2 Å². The quantitative estimate of drug-likeness (QED) is 0.282. The van der Waals surface area contributed by atoms with Crippen molar-refractivity contribution in [1.82, 2.24) is 35.1 Å². The minimum Gasteiger partial charge on any atom is -0.508 e. The van der Waals surface area contributed by atoms with Gasteiger partial charge in [-0.1, -0.05) is 48.5 Å². The van der Waals surface area contributed by atoms with Crippen LogP contribution in [0.3, 0.4) is 0 Å². The Hall–Kier alpha value is -5.15. The lowest BCUT2D eigenvalue weighted by Crippen LogP contribution is -2.22. The van der Waals surface area contributed by atoms with Gasteiger partial charge in [0.2, 0.25) is 5.82 Å². The van der Waals surface area contributed by atoms with Crippen molar-refractivity contribution >= 4 is 34.0 Å². The average Bonchev–Trinajstić information content (AvgIpc) is 3.43. The Morgan fingerprint density at radius 2 is 1.85 bits per heavy atom. The molecule has 3 heterocycles. The van der Waals surface area contributed by atoms with Gasteiger partial charge in [0.25, 0.3) is 5.56 Å². The number of nitrogens with one attached hydrogen (secondary N) is 1. The SMILES string of the molecule is CC(c1c(-c2nnn(Cc3cccc(C=Cc4ccc5ccccc5n4)c3)n2)c(=O)[nH]c2ccc(O)cc12)N(C)C. The number of phenols is 1. The number of nitrogens with zero attached hydrogens (tertiary/aromatic N) is 6. The highest BCUT2D eigenvalue weighted by atomic mass is 16.3.